The van der Waals surface area contributed by atoms with E-state index in [4.69, 9.17) is 18.9 Å². The van der Waals surface area contributed by atoms with Gasteiger partial charge in [0.2, 0.25) is 5.91 Å². The number of aliphatic hydroxyl groups excluding tert-OH is 8. The highest BCUT2D eigenvalue weighted by atomic mass is 16.7. The molecule has 0 spiro atoms. The SMILES string of the molecule is CCCCCCCCCCCCCCCCCCCCCCCCCCCCCC(O)C(COC1OC(CO)C(OC2OC(CO)C(O)C(O)C2O)C(O)C1O)NC(=O)CCCCCCCCCCCCCCCCCCCCCCCCC. The van der Waals surface area contributed by atoms with E-state index in [-0.39, 0.29) is 12.5 Å². The summed E-state index contributed by atoms with van der Waals surface area (Å²) in [7, 11) is 0. The topological polar surface area (TPSA) is 228 Å². The van der Waals surface area contributed by atoms with E-state index in [2.05, 4.69) is 19.2 Å². The van der Waals surface area contributed by atoms with Crippen LogP contribution in [-0.2, 0) is 23.7 Å². The normalized spacial score (nSPS) is 23.5. The molecule has 9 N–H and O–H groups in total. The molecule has 2 heterocycles. The van der Waals surface area contributed by atoms with Gasteiger partial charge in [0.25, 0.3) is 0 Å². The van der Waals surface area contributed by atoms with Gasteiger partial charge in [0.15, 0.2) is 12.6 Å². The lowest BCUT2D eigenvalue weighted by Gasteiger charge is -2.46. The van der Waals surface area contributed by atoms with Crippen LogP contribution < -0.4 is 5.32 Å². The molecule has 2 fully saturated rings. The Hall–Kier alpha value is -1.01. The smallest absolute Gasteiger partial charge is 0.220 e. The van der Waals surface area contributed by atoms with E-state index < -0.39 is 86.8 Å². The van der Waals surface area contributed by atoms with E-state index in [9.17, 15) is 45.6 Å². The van der Waals surface area contributed by atoms with Crippen LogP contribution in [0.2, 0.25) is 0 Å². The monoisotopic (exact) mass is 1200 g/mol. The van der Waals surface area contributed by atoms with Crippen molar-refractivity contribution in [3.05, 3.63) is 0 Å². The number of hydrogen-bond acceptors (Lipinski definition) is 13. The zero-order chi connectivity index (χ0) is 60.9. The second kappa shape index (κ2) is 56.0. The summed E-state index contributed by atoms with van der Waals surface area (Å²) in [6.07, 6.45) is 49.8. The van der Waals surface area contributed by atoms with Crippen molar-refractivity contribution in [3.8, 4) is 0 Å². The molecule has 2 aliphatic heterocycles. The first-order chi connectivity index (χ1) is 41.1. The standard InChI is InChI=1S/C70H137NO13/c1-3-5-7-9-11-13-15-17-19-21-23-25-27-28-29-30-32-33-35-37-39-41-43-45-47-49-51-53-59(74)58(57-81-69-67(80)65(78)68(61(56-73)83-69)84-70-66(79)64(77)63(76)60(55-72)82-70)71-62(75)54-52-50-48-46-44-42-40-38-36-34-31-26-24-22-20-18-16-14-12-10-8-6-4-2/h58-61,63-70,72-74,76-80H,3-57H2,1-2H3,(H,71,75). The maximum absolute atomic E-state index is 13.4. The minimum Gasteiger partial charge on any atom is -0.394 e. The van der Waals surface area contributed by atoms with Crippen LogP contribution in [-0.4, -0.2) is 140 Å². The van der Waals surface area contributed by atoms with Crippen LogP contribution in [0.3, 0.4) is 0 Å². The summed E-state index contributed by atoms with van der Waals surface area (Å²) < 4.78 is 22.9. The number of aliphatic hydroxyl groups is 8. The zero-order valence-corrected chi connectivity index (χ0v) is 54.4. The summed E-state index contributed by atoms with van der Waals surface area (Å²) in [4.78, 5) is 13.4. The van der Waals surface area contributed by atoms with Crippen molar-refractivity contribution in [2.45, 2.75) is 421 Å². The van der Waals surface area contributed by atoms with Crippen molar-refractivity contribution in [2.75, 3.05) is 19.8 Å². The maximum Gasteiger partial charge on any atom is 0.220 e. The van der Waals surface area contributed by atoms with Gasteiger partial charge in [-0.05, 0) is 12.8 Å². The van der Waals surface area contributed by atoms with Gasteiger partial charge in [0, 0.05) is 6.42 Å². The molecular formula is C70H137NO13. The van der Waals surface area contributed by atoms with Crippen LogP contribution in [0.4, 0.5) is 0 Å². The van der Waals surface area contributed by atoms with E-state index in [1.54, 1.807) is 0 Å². The molecule has 0 aliphatic carbocycles. The summed E-state index contributed by atoms with van der Waals surface area (Å²) in [5.74, 6) is -0.197. The molecule has 0 aromatic rings. The summed E-state index contributed by atoms with van der Waals surface area (Å²) in [6, 6.07) is -0.824. The van der Waals surface area contributed by atoms with Crippen LogP contribution in [0.25, 0.3) is 0 Å². The molecule has 14 heteroatoms. The molecule has 500 valence electrons. The van der Waals surface area contributed by atoms with Crippen molar-refractivity contribution in [1.82, 2.24) is 5.32 Å². The van der Waals surface area contributed by atoms with Crippen molar-refractivity contribution in [2.24, 2.45) is 0 Å². The van der Waals surface area contributed by atoms with Gasteiger partial charge < -0.3 is 65.1 Å². The summed E-state index contributed by atoms with van der Waals surface area (Å²) in [6.45, 7) is 2.93. The molecule has 0 aromatic heterocycles. The molecule has 0 bridgehead atoms. The molecule has 12 unspecified atom stereocenters. The minimum atomic E-state index is -1.78. The first-order valence-corrected chi connectivity index (χ1v) is 36.3. The van der Waals surface area contributed by atoms with E-state index in [0.29, 0.717) is 12.8 Å². The van der Waals surface area contributed by atoms with E-state index in [0.717, 1.165) is 51.4 Å². The molecule has 12 atom stereocenters. The second-order valence-electron chi connectivity index (χ2n) is 26.1. The highest BCUT2D eigenvalue weighted by Crippen LogP contribution is 2.30. The first kappa shape index (κ1) is 79.1. The Morgan fingerprint density at radius 3 is 1.01 bits per heavy atom. The van der Waals surface area contributed by atoms with Crippen LogP contribution in [0.5, 0.6) is 0 Å². The van der Waals surface area contributed by atoms with Gasteiger partial charge in [-0.3, -0.25) is 4.79 Å². The van der Waals surface area contributed by atoms with Gasteiger partial charge in [-0.15, -0.1) is 0 Å². The molecular weight excluding hydrogens is 1060 g/mol. The van der Waals surface area contributed by atoms with Gasteiger partial charge in [-0.2, -0.15) is 0 Å². The molecule has 0 radical (unpaired) electrons. The van der Waals surface area contributed by atoms with E-state index >= 15 is 0 Å². The fourth-order valence-corrected chi connectivity index (χ4v) is 12.5. The van der Waals surface area contributed by atoms with Crippen molar-refractivity contribution in [3.63, 3.8) is 0 Å². The fraction of sp³-hybridized carbons (Fsp3) is 0.986. The Bertz CT molecular complexity index is 1410. The molecule has 2 aliphatic rings. The predicted octanol–water partition coefficient (Wildman–Crippen LogP) is 14.8. The number of ether oxygens (including phenoxy) is 4. The average Bonchev–Trinajstić information content (AvgIpc) is 3.64. The van der Waals surface area contributed by atoms with Gasteiger partial charge in [-0.25, -0.2) is 0 Å². The molecule has 14 nitrogen and oxygen atoms in total. The lowest BCUT2D eigenvalue weighted by atomic mass is 9.97. The van der Waals surface area contributed by atoms with Crippen LogP contribution in [0.15, 0.2) is 0 Å². The zero-order valence-electron chi connectivity index (χ0n) is 54.4. The number of carbonyl (C=O) groups excluding carboxylic acids is 1. The molecule has 84 heavy (non-hydrogen) atoms. The van der Waals surface area contributed by atoms with E-state index in [1.807, 2.05) is 0 Å². The highest BCUT2D eigenvalue weighted by molar-refractivity contribution is 5.76. The average molecular weight is 1200 g/mol. The van der Waals surface area contributed by atoms with Crippen LogP contribution in [0, 0.1) is 0 Å². The lowest BCUT2D eigenvalue weighted by molar-refractivity contribution is -0.359. The van der Waals surface area contributed by atoms with Crippen LogP contribution >= 0.6 is 0 Å². The van der Waals surface area contributed by atoms with Crippen LogP contribution in [0.1, 0.15) is 348 Å². The molecule has 2 rings (SSSR count). The summed E-state index contributed by atoms with van der Waals surface area (Å²) >= 11 is 0. The lowest BCUT2D eigenvalue weighted by Crippen LogP contribution is -2.65. The number of amides is 1. The quantitative estimate of drug-likeness (QED) is 0.0259. The van der Waals surface area contributed by atoms with Crippen molar-refractivity contribution >= 4 is 5.91 Å². The largest absolute Gasteiger partial charge is 0.394 e. The summed E-state index contributed by atoms with van der Waals surface area (Å²) in [5, 5.41) is 87.7. The Morgan fingerprint density at radius 1 is 0.381 bits per heavy atom. The third kappa shape index (κ3) is 39.9. The van der Waals surface area contributed by atoms with Gasteiger partial charge in [-0.1, -0.05) is 328 Å². The van der Waals surface area contributed by atoms with Gasteiger partial charge >= 0.3 is 0 Å². The maximum atomic E-state index is 13.4. The van der Waals surface area contributed by atoms with Crippen molar-refractivity contribution < 1.29 is 64.6 Å². The first-order valence-electron chi connectivity index (χ1n) is 36.3. The number of unbranched alkanes of at least 4 members (excludes halogenated alkanes) is 48. The number of rotatable bonds is 61. The minimum absolute atomic E-state index is 0.197. The fourth-order valence-electron chi connectivity index (χ4n) is 12.5. The molecule has 0 saturated carbocycles. The Labute approximate surface area is 514 Å². The summed E-state index contributed by atoms with van der Waals surface area (Å²) in [5.41, 5.74) is 0. The van der Waals surface area contributed by atoms with Crippen molar-refractivity contribution in [1.29, 1.82) is 0 Å². The third-order valence-electron chi connectivity index (χ3n) is 18.3. The molecule has 1 amide bonds. The Balaban J connectivity index is 1.65. The highest BCUT2D eigenvalue weighted by Gasteiger charge is 2.51. The third-order valence-corrected chi connectivity index (χ3v) is 18.3. The Kier molecular flexibility index (Phi) is 52.7. The van der Waals surface area contributed by atoms with Gasteiger partial charge in [0.05, 0.1) is 32.0 Å². The van der Waals surface area contributed by atoms with Gasteiger partial charge in [0.1, 0.15) is 48.8 Å². The van der Waals surface area contributed by atoms with E-state index in [1.165, 1.54) is 270 Å². The second-order valence-corrected chi connectivity index (χ2v) is 26.1. The predicted molar refractivity (Wildman–Crippen MR) is 342 cm³/mol. The molecule has 2 saturated heterocycles. The number of carbonyl (C=O) groups is 1. The number of hydrogen-bond donors (Lipinski definition) is 9. The Morgan fingerprint density at radius 2 is 0.679 bits per heavy atom. The molecule has 0 aromatic carbocycles. The number of nitrogens with one attached hydrogen (secondary N) is 1.